The number of hydrogen-bond acceptors (Lipinski definition) is 4. The Labute approximate surface area is 151 Å². The van der Waals surface area contributed by atoms with Crippen molar-refractivity contribution in [2.75, 3.05) is 0 Å². The van der Waals surface area contributed by atoms with Crippen LogP contribution in [0.1, 0.15) is 37.1 Å². The Morgan fingerprint density at radius 3 is 2.76 bits per heavy atom. The molecule has 4 nitrogen and oxygen atoms in total. The van der Waals surface area contributed by atoms with Gasteiger partial charge in [0.25, 0.3) is 0 Å². The minimum Gasteiger partial charge on any atom is -0.304 e. The van der Waals surface area contributed by atoms with Gasteiger partial charge in [-0.05, 0) is 53.9 Å². The van der Waals surface area contributed by atoms with E-state index >= 15 is 0 Å². The number of thiophene rings is 1. The second-order valence-electron chi connectivity index (χ2n) is 6.24. The molecule has 5 heteroatoms. The van der Waals surface area contributed by atoms with Crippen LogP contribution in [-0.4, -0.2) is 15.0 Å². The molecule has 0 radical (unpaired) electrons. The highest BCUT2D eigenvalue weighted by Crippen LogP contribution is 2.31. The highest BCUT2D eigenvalue weighted by Gasteiger charge is 2.15. The van der Waals surface area contributed by atoms with Crippen molar-refractivity contribution in [3.8, 4) is 5.69 Å². The Kier molecular flexibility index (Phi) is 4.34. The van der Waals surface area contributed by atoms with Crippen LogP contribution < -0.4 is 5.32 Å². The zero-order valence-corrected chi connectivity index (χ0v) is 15.1. The van der Waals surface area contributed by atoms with E-state index < -0.39 is 0 Å². The summed E-state index contributed by atoms with van der Waals surface area (Å²) in [4.78, 5) is 0. The molecule has 0 saturated heterocycles. The molecule has 2 aromatic carbocycles. The lowest BCUT2D eigenvalue weighted by Gasteiger charge is -2.21. The quantitative estimate of drug-likeness (QED) is 0.558. The van der Waals surface area contributed by atoms with Gasteiger partial charge >= 0.3 is 0 Å². The van der Waals surface area contributed by atoms with Crippen LogP contribution >= 0.6 is 11.3 Å². The summed E-state index contributed by atoms with van der Waals surface area (Å²) in [5.41, 5.74) is 3.62. The topological polar surface area (TPSA) is 42.7 Å². The normalized spacial score (nSPS) is 13.8. The van der Waals surface area contributed by atoms with E-state index in [0.29, 0.717) is 0 Å². The van der Waals surface area contributed by atoms with Crippen molar-refractivity contribution in [2.45, 2.75) is 25.9 Å². The molecule has 0 saturated carbocycles. The van der Waals surface area contributed by atoms with E-state index in [4.69, 9.17) is 0 Å². The van der Waals surface area contributed by atoms with E-state index in [1.165, 1.54) is 21.2 Å². The van der Waals surface area contributed by atoms with Gasteiger partial charge in [0.2, 0.25) is 0 Å². The summed E-state index contributed by atoms with van der Waals surface area (Å²) in [7, 11) is 0. The first-order valence-electron chi connectivity index (χ1n) is 8.41. The average Bonchev–Trinajstić information content (AvgIpc) is 3.31. The smallest absolute Gasteiger partial charge is 0.0697 e. The molecule has 4 aromatic rings. The summed E-state index contributed by atoms with van der Waals surface area (Å²) in [6.07, 6.45) is 3.55. The Bertz CT molecular complexity index is 974. The van der Waals surface area contributed by atoms with Crippen LogP contribution in [-0.2, 0) is 0 Å². The number of benzene rings is 2. The third-order valence-corrected chi connectivity index (χ3v) is 5.52. The summed E-state index contributed by atoms with van der Waals surface area (Å²) in [6.45, 7) is 4.43. The molecule has 0 spiro atoms. The van der Waals surface area contributed by atoms with Crippen LogP contribution in [0.15, 0.2) is 66.3 Å². The van der Waals surface area contributed by atoms with Gasteiger partial charge in [-0.1, -0.05) is 35.5 Å². The lowest BCUT2D eigenvalue weighted by molar-refractivity contribution is 0.497. The van der Waals surface area contributed by atoms with Crippen LogP contribution in [0.4, 0.5) is 0 Å². The molecule has 0 aliphatic rings. The number of nitrogens with one attached hydrogen (secondary N) is 1. The zero-order chi connectivity index (χ0) is 17.2. The largest absolute Gasteiger partial charge is 0.304 e. The molecule has 0 fully saturated rings. The first kappa shape index (κ1) is 16.0. The first-order chi connectivity index (χ1) is 12.2. The van der Waals surface area contributed by atoms with E-state index in [2.05, 4.69) is 77.3 Å². The molecule has 0 aliphatic carbocycles. The van der Waals surface area contributed by atoms with E-state index in [-0.39, 0.29) is 12.1 Å². The van der Waals surface area contributed by atoms with Crippen LogP contribution in [0.3, 0.4) is 0 Å². The lowest BCUT2D eigenvalue weighted by Crippen LogP contribution is -2.22. The van der Waals surface area contributed by atoms with Crippen molar-refractivity contribution < 1.29 is 0 Å². The molecule has 126 valence electrons. The standard InChI is InChI=1S/C20H20N4S/c1-14(16-6-5-7-17(12-16)24-11-10-21-23-24)22-15(2)19-13-25-20-9-4-3-8-18(19)20/h3-15,22H,1-2H3. The van der Waals surface area contributed by atoms with Crippen molar-refractivity contribution in [1.29, 1.82) is 0 Å². The molecule has 2 unspecified atom stereocenters. The average molecular weight is 348 g/mol. The van der Waals surface area contributed by atoms with Crippen LogP contribution in [0, 0.1) is 0 Å². The molecule has 4 rings (SSSR count). The maximum Gasteiger partial charge on any atom is 0.0697 e. The lowest BCUT2D eigenvalue weighted by atomic mass is 10.0. The molecule has 2 aromatic heterocycles. The number of aromatic nitrogens is 3. The number of hydrogen-bond donors (Lipinski definition) is 1. The summed E-state index contributed by atoms with van der Waals surface area (Å²) in [5, 5.41) is 15.3. The molecule has 0 amide bonds. The van der Waals surface area contributed by atoms with Gasteiger partial charge in [0.05, 0.1) is 18.1 Å². The van der Waals surface area contributed by atoms with Crippen molar-refractivity contribution in [2.24, 2.45) is 0 Å². The highest BCUT2D eigenvalue weighted by atomic mass is 32.1. The van der Waals surface area contributed by atoms with Gasteiger partial charge in [-0.15, -0.1) is 16.4 Å². The summed E-state index contributed by atoms with van der Waals surface area (Å²) >= 11 is 1.81. The van der Waals surface area contributed by atoms with E-state index in [0.717, 1.165) is 5.69 Å². The van der Waals surface area contributed by atoms with Crippen molar-refractivity contribution in [3.63, 3.8) is 0 Å². The fourth-order valence-corrected chi connectivity index (χ4v) is 4.23. The van der Waals surface area contributed by atoms with Gasteiger partial charge in [-0.3, -0.25) is 0 Å². The van der Waals surface area contributed by atoms with Crippen molar-refractivity contribution >= 4 is 21.4 Å². The van der Waals surface area contributed by atoms with Gasteiger partial charge in [-0.25, -0.2) is 4.68 Å². The first-order valence-corrected chi connectivity index (χ1v) is 9.29. The Hall–Kier alpha value is -2.50. The maximum absolute atomic E-state index is 4.07. The number of rotatable bonds is 5. The highest BCUT2D eigenvalue weighted by molar-refractivity contribution is 7.17. The van der Waals surface area contributed by atoms with Gasteiger partial charge in [0, 0.05) is 16.8 Å². The molecular formula is C20H20N4S. The molecule has 0 bridgehead atoms. The molecule has 1 N–H and O–H groups in total. The third-order valence-electron chi connectivity index (χ3n) is 4.53. The van der Waals surface area contributed by atoms with Crippen molar-refractivity contribution in [1.82, 2.24) is 20.3 Å². The number of nitrogens with zero attached hydrogens (tertiary/aromatic N) is 3. The molecule has 0 aliphatic heterocycles. The summed E-state index contributed by atoms with van der Waals surface area (Å²) in [6, 6.07) is 17.5. The van der Waals surface area contributed by atoms with Gasteiger partial charge < -0.3 is 5.32 Å². The molecular weight excluding hydrogens is 328 g/mol. The van der Waals surface area contributed by atoms with E-state index in [1.54, 1.807) is 10.9 Å². The minimum absolute atomic E-state index is 0.233. The van der Waals surface area contributed by atoms with E-state index in [1.807, 2.05) is 23.6 Å². The fraction of sp³-hybridized carbons (Fsp3) is 0.200. The SMILES string of the molecule is CC(NC(C)c1csc2ccccc12)c1cccc(-n2ccnn2)c1. The molecule has 2 heterocycles. The van der Waals surface area contributed by atoms with Gasteiger partial charge in [0.15, 0.2) is 0 Å². The Morgan fingerprint density at radius 2 is 1.92 bits per heavy atom. The van der Waals surface area contributed by atoms with Gasteiger partial charge in [0.1, 0.15) is 0 Å². The Balaban J connectivity index is 1.55. The number of fused-ring (bicyclic) bond motifs is 1. The third kappa shape index (κ3) is 3.21. The van der Waals surface area contributed by atoms with Crippen LogP contribution in [0.25, 0.3) is 15.8 Å². The van der Waals surface area contributed by atoms with Gasteiger partial charge in [-0.2, -0.15) is 0 Å². The second kappa shape index (κ2) is 6.78. The molecule has 25 heavy (non-hydrogen) atoms. The fourth-order valence-electron chi connectivity index (χ4n) is 3.18. The van der Waals surface area contributed by atoms with Crippen molar-refractivity contribution in [3.05, 3.63) is 77.4 Å². The summed E-state index contributed by atoms with van der Waals surface area (Å²) < 4.78 is 3.12. The predicted octanol–water partition coefficient (Wildman–Crippen LogP) is 4.89. The van der Waals surface area contributed by atoms with E-state index in [9.17, 15) is 0 Å². The second-order valence-corrected chi connectivity index (χ2v) is 7.15. The summed E-state index contributed by atoms with van der Waals surface area (Å²) in [5.74, 6) is 0. The monoisotopic (exact) mass is 348 g/mol. The maximum atomic E-state index is 4.07. The molecule has 2 atom stereocenters. The Morgan fingerprint density at radius 1 is 1.04 bits per heavy atom. The minimum atomic E-state index is 0.233. The predicted molar refractivity (Wildman–Crippen MR) is 103 cm³/mol. The van der Waals surface area contributed by atoms with Crippen LogP contribution in [0.2, 0.25) is 0 Å². The zero-order valence-electron chi connectivity index (χ0n) is 14.3. The van der Waals surface area contributed by atoms with Crippen LogP contribution in [0.5, 0.6) is 0 Å².